The standard InChI is InChI=1S/C19H15FN4O3/c1-10-7-11(3-5-13(10)20)14-9-15(23-22-14)18(25)21-12-4-6-16-17(8-12)27-19(26)24(16)2/h3-9H,1-2H3,(H,21,25)(H,22,23). The van der Waals surface area contributed by atoms with E-state index in [4.69, 9.17) is 4.42 Å². The van der Waals surface area contributed by atoms with E-state index in [1.165, 1.54) is 10.6 Å². The molecule has 1 amide bonds. The monoisotopic (exact) mass is 366 g/mol. The van der Waals surface area contributed by atoms with Gasteiger partial charge in [-0.25, -0.2) is 9.18 Å². The van der Waals surface area contributed by atoms with Crippen molar-refractivity contribution in [2.24, 2.45) is 7.05 Å². The summed E-state index contributed by atoms with van der Waals surface area (Å²) in [4.78, 5) is 24.0. The number of benzene rings is 2. The highest BCUT2D eigenvalue weighted by atomic mass is 19.1. The molecular weight excluding hydrogens is 351 g/mol. The molecule has 0 spiro atoms. The highest BCUT2D eigenvalue weighted by Gasteiger charge is 2.13. The molecule has 0 aliphatic carbocycles. The molecule has 0 bridgehead atoms. The minimum atomic E-state index is -0.471. The van der Waals surface area contributed by atoms with Crippen molar-refractivity contribution in [3.05, 3.63) is 70.1 Å². The number of nitrogens with one attached hydrogen (secondary N) is 2. The van der Waals surface area contributed by atoms with Crippen LogP contribution in [0.2, 0.25) is 0 Å². The van der Waals surface area contributed by atoms with Gasteiger partial charge in [-0.15, -0.1) is 0 Å². The number of halogens is 1. The fourth-order valence-electron chi connectivity index (χ4n) is 2.80. The summed E-state index contributed by atoms with van der Waals surface area (Å²) in [6.45, 7) is 1.66. The average Bonchev–Trinajstić information content (AvgIpc) is 3.23. The molecule has 0 atom stereocenters. The summed E-state index contributed by atoms with van der Waals surface area (Å²) in [7, 11) is 1.61. The third-order valence-electron chi connectivity index (χ3n) is 4.33. The second kappa shape index (κ2) is 6.24. The Bertz CT molecular complexity index is 1240. The van der Waals surface area contributed by atoms with E-state index in [2.05, 4.69) is 15.5 Å². The zero-order chi connectivity index (χ0) is 19.1. The zero-order valence-corrected chi connectivity index (χ0v) is 14.5. The Morgan fingerprint density at radius 1 is 1.22 bits per heavy atom. The maximum absolute atomic E-state index is 13.4. The quantitative estimate of drug-likeness (QED) is 0.582. The number of hydrogen-bond acceptors (Lipinski definition) is 4. The number of fused-ring (bicyclic) bond motifs is 1. The summed E-state index contributed by atoms with van der Waals surface area (Å²) in [5.74, 6) is -1.17. The fraction of sp³-hybridized carbons (Fsp3) is 0.105. The summed E-state index contributed by atoms with van der Waals surface area (Å²) in [5.41, 5.74) is 3.49. The second-order valence-electron chi connectivity index (χ2n) is 6.19. The molecule has 7 nitrogen and oxygen atoms in total. The first-order valence-corrected chi connectivity index (χ1v) is 8.15. The van der Waals surface area contributed by atoms with Crippen LogP contribution in [0.4, 0.5) is 10.1 Å². The van der Waals surface area contributed by atoms with Gasteiger partial charge in [0.1, 0.15) is 11.5 Å². The molecule has 4 rings (SSSR count). The first-order valence-electron chi connectivity index (χ1n) is 8.15. The van der Waals surface area contributed by atoms with Gasteiger partial charge in [0, 0.05) is 24.4 Å². The van der Waals surface area contributed by atoms with E-state index in [-0.39, 0.29) is 11.5 Å². The van der Waals surface area contributed by atoms with E-state index in [9.17, 15) is 14.0 Å². The molecule has 2 aromatic carbocycles. The van der Waals surface area contributed by atoms with E-state index in [1.807, 2.05) is 0 Å². The lowest BCUT2D eigenvalue weighted by Gasteiger charge is -2.03. The minimum absolute atomic E-state index is 0.251. The molecule has 2 N–H and O–H groups in total. The van der Waals surface area contributed by atoms with Crippen LogP contribution in [0.25, 0.3) is 22.4 Å². The maximum Gasteiger partial charge on any atom is 0.419 e. The summed E-state index contributed by atoms with van der Waals surface area (Å²) < 4.78 is 19.9. The Balaban J connectivity index is 1.57. The minimum Gasteiger partial charge on any atom is -0.408 e. The number of carbonyl (C=O) groups is 1. The molecule has 0 aliphatic rings. The predicted octanol–water partition coefficient (Wildman–Crippen LogP) is 3.22. The summed E-state index contributed by atoms with van der Waals surface area (Å²) >= 11 is 0. The molecule has 27 heavy (non-hydrogen) atoms. The van der Waals surface area contributed by atoms with Gasteiger partial charge in [0.2, 0.25) is 0 Å². The van der Waals surface area contributed by atoms with E-state index in [1.54, 1.807) is 50.4 Å². The smallest absolute Gasteiger partial charge is 0.408 e. The number of aryl methyl sites for hydroxylation is 2. The molecule has 0 unspecified atom stereocenters. The lowest BCUT2D eigenvalue weighted by Crippen LogP contribution is -2.12. The molecule has 2 aromatic heterocycles. The predicted molar refractivity (Wildman–Crippen MR) is 98.1 cm³/mol. The molecular formula is C19H15FN4O3. The number of oxazole rings is 1. The number of hydrogen-bond donors (Lipinski definition) is 2. The molecule has 0 aliphatic heterocycles. The third-order valence-corrected chi connectivity index (χ3v) is 4.33. The third kappa shape index (κ3) is 3.01. The maximum atomic E-state index is 13.4. The van der Waals surface area contributed by atoms with Gasteiger partial charge in [0.25, 0.3) is 5.91 Å². The largest absolute Gasteiger partial charge is 0.419 e. The van der Waals surface area contributed by atoms with Crippen LogP contribution in [-0.2, 0) is 7.05 Å². The molecule has 0 saturated carbocycles. The van der Waals surface area contributed by atoms with Crippen molar-refractivity contribution in [1.29, 1.82) is 0 Å². The van der Waals surface area contributed by atoms with Gasteiger partial charge in [0.15, 0.2) is 5.58 Å². The van der Waals surface area contributed by atoms with Gasteiger partial charge in [0.05, 0.1) is 11.2 Å². The fourth-order valence-corrected chi connectivity index (χ4v) is 2.80. The number of aromatic nitrogens is 3. The Morgan fingerprint density at radius 3 is 2.81 bits per heavy atom. The normalized spacial score (nSPS) is 11.1. The number of anilines is 1. The van der Waals surface area contributed by atoms with Crippen molar-refractivity contribution < 1.29 is 13.6 Å². The van der Waals surface area contributed by atoms with Gasteiger partial charge in [-0.1, -0.05) is 0 Å². The average molecular weight is 366 g/mol. The Hall–Kier alpha value is -3.68. The summed E-state index contributed by atoms with van der Waals surface area (Å²) in [6, 6.07) is 11.2. The van der Waals surface area contributed by atoms with E-state index in [0.717, 1.165) is 0 Å². The Morgan fingerprint density at radius 2 is 2.04 bits per heavy atom. The van der Waals surface area contributed by atoms with E-state index in [0.29, 0.717) is 33.6 Å². The van der Waals surface area contributed by atoms with Crippen LogP contribution < -0.4 is 11.1 Å². The van der Waals surface area contributed by atoms with Crippen LogP contribution in [0.15, 0.2) is 51.7 Å². The van der Waals surface area contributed by atoms with E-state index >= 15 is 0 Å². The molecule has 2 heterocycles. The molecule has 0 radical (unpaired) electrons. The lowest BCUT2D eigenvalue weighted by atomic mass is 10.1. The van der Waals surface area contributed by atoms with Gasteiger partial charge in [-0.05, 0) is 48.9 Å². The number of H-pyrrole nitrogens is 1. The van der Waals surface area contributed by atoms with Gasteiger partial charge < -0.3 is 9.73 Å². The van der Waals surface area contributed by atoms with Gasteiger partial charge in [-0.3, -0.25) is 14.5 Å². The van der Waals surface area contributed by atoms with Crippen LogP contribution in [0.5, 0.6) is 0 Å². The number of aromatic amines is 1. The van der Waals surface area contributed by atoms with Gasteiger partial charge >= 0.3 is 5.76 Å². The van der Waals surface area contributed by atoms with Crippen LogP contribution >= 0.6 is 0 Å². The van der Waals surface area contributed by atoms with Crippen molar-refractivity contribution in [3.8, 4) is 11.3 Å². The molecule has 4 aromatic rings. The highest BCUT2D eigenvalue weighted by Crippen LogP contribution is 2.22. The number of carbonyl (C=O) groups excluding carboxylic acids is 1. The molecule has 0 fully saturated rings. The van der Waals surface area contributed by atoms with Crippen LogP contribution in [0.3, 0.4) is 0 Å². The van der Waals surface area contributed by atoms with Crippen molar-refractivity contribution in [1.82, 2.24) is 14.8 Å². The Kier molecular flexibility index (Phi) is 3.88. The summed E-state index contributed by atoms with van der Waals surface area (Å²) in [6.07, 6.45) is 0. The highest BCUT2D eigenvalue weighted by molar-refractivity contribution is 6.04. The molecule has 136 valence electrons. The molecule has 0 saturated heterocycles. The van der Waals surface area contributed by atoms with E-state index < -0.39 is 11.7 Å². The van der Waals surface area contributed by atoms with Crippen molar-refractivity contribution >= 4 is 22.7 Å². The topological polar surface area (TPSA) is 92.9 Å². The number of nitrogens with zero attached hydrogens (tertiary/aromatic N) is 2. The van der Waals surface area contributed by atoms with Crippen LogP contribution in [-0.4, -0.2) is 20.7 Å². The van der Waals surface area contributed by atoms with Crippen LogP contribution in [0, 0.1) is 12.7 Å². The first kappa shape index (κ1) is 16.8. The Labute approximate surface area is 152 Å². The molecule has 8 heteroatoms. The van der Waals surface area contributed by atoms with Crippen molar-refractivity contribution in [3.63, 3.8) is 0 Å². The second-order valence-corrected chi connectivity index (χ2v) is 6.19. The number of rotatable bonds is 3. The first-order chi connectivity index (χ1) is 12.9. The lowest BCUT2D eigenvalue weighted by molar-refractivity contribution is 0.102. The van der Waals surface area contributed by atoms with Crippen molar-refractivity contribution in [2.75, 3.05) is 5.32 Å². The SMILES string of the molecule is Cc1cc(-c2cc(C(=O)Nc3ccc4c(c3)oc(=O)n4C)[nH]n2)ccc1F. The van der Waals surface area contributed by atoms with Gasteiger partial charge in [-0.2, -0.15) is 5.10 Å². The summed E-state index contributed by atoms with van der Waals surface area (Å²) in [5, 5.41) is 9.51. The van der Waals surface area contributed by atoms with Crippen molar-refractivity contribution in [2.45, 2.75) is 6.92 Å². The zero-order valence-electron chi connectivity index (χ0n) is 14.5. The number of amides is 1. The van der Waals surface area contributed by atoms with Crippen LogP contribution in [0.1, 0.15) is 16.1 Å².